The lowest BCUT2D eigenvalue weighted by molar-refractivity contribution is -0.122. The van der Waals surface area contributed by atoms with Crippen LogP contribution in [0.1, 0.15) is 25.5 Å². The zero-order valence-corrected chi connectivity index (χ0v) is 13.5. The molecule has 0 bridgehead atoms. The van der Waals surface area contributed by atoms with Crippen molar-refractivity contribution >= 4 is 22.7 Å². The Hall–Kier alpha value is -3.02. The van der Waals surface area contributed by atoms with Gasteiger partial charge in [-0.05, 0) is 37.6 Å². The molecule has 3 aromatic rings. The normalized spacial score (nSPS) is 13.4. The third-order valence-corrected chi connectivity index (χ3v) is 3.85. The molecule has 1 heterocycles. The SMILES string of the molecule is C[C@H](NC(=O)[C@@H](C)Nc1ccc2oc(=O)[nH]c2c1)c1ccccc1. The Labute approximate surface area is 138 Å². The number of hydrogen-bond acceptors (Lipinski definition) is 4. The van der Waals surface area contributed by atoms with Gasteiger partial charge in [-0.2, -0.15) is 0 Å². The number of anilines is 1. The predicted molar refractivity (Wildman–Crippen MR) is 92.9 cm³/mol. The third kappa shape index (κ3) is 3.48. The van der Waals surface area contributed by atoms with E-state index in [1.165, 1.54) is 0 Å². The van der Waals surface area contributed by atoms with E-state index in [1.807, 2.05) is 37.3 Å². The highest BCUT2D eigenvalue weighted by atomic mass is 16.4. The van der Waals surface area contributed by atoms with Crippen molar-refractivity contribution in [2.75, 3.05) is 5.32 Å². The standard InChI is InChI=1S/C18H19N3O3/c1-11(13-6-4-3-5-7-13)20-17(22)12(2)19-14-8-9-16-15(10-14)21-18(23)24-16/h3-12,19H,1-2H3,(H,20,22)(H,21,23)/t11-,12+/m0/s1. The second-order valence-electron chi connectivity index (χ2n) is 5.73. The Morgan fingerprint density at radius 2 is 1.88 bits per heavy atom. The first-order valence-electron chi connectivity index (χ1n) is 7.77. The molecule has 3 N–H and O–H groups in total. The highest BCUT2D eigenvalue weighted by Crippen LogP contribution is 2.17. The van der Waals surface area contributed by atoms with Crippen molar-refractivity contribution in [1.82, 2.24) is 10.3 Å². The van der Waals surface area contributed by atoms with Crippen molar-refractivity contribution < 1.29 is 9.21 Å². The molecule has 1 aromatic heterocycles. The first-order valence-corrected chi connectivity index (χ1v) is 7.77. The van der Waals surface area contributed by atoms with Crippen LogP contribution < -0.4 is 16.4 Å². The average Bonchev–Trinajstić information content (AvgIpc) is 2.94. The molecular weight excluding hydrogens is 306 g/mol. The summed E-state index contributed by atoms with van der Waals surface area (Å²) < 4.78 is 4.96. The monoisotopic (exact) mass is 325 g/mol. The number of fused-ring (bicyclic) bond motifs is 1. The number of hydrogen-bond donors (Lipinski definition) is 3. The molecule has 24 heavy (non-hydrogen) atoms. The average molecular weight is 325 g/mol. The number of oxazole rings is 1. The summed E-state index contributed by atoms with van der Waals surface area (Å²) in [5, 5.41) is 6.10. The zero-order valence-electron chi connectivity index (χ0n) is 13.5. The van der Waals surface area contributed by atoms with Gasteiger partial charge in [-0.3, -0.25) is 9.78 Å². The van der Waals surface area contributed by atoms with Gasteiger partial charge in [-0.1, -0.05) is 30.3 Å². The van der Waals surface area contributed by atoms with E-state index in [1.54, 1.807) is 25.1 Å². The number of benzene rings is 2. The predicted octanol–water partition coefficient (Wildman–Crippen LogP) is 2.80. The third-order valence-electron chi connectivity index (χ3n) is 3.85. The van der Waals surface area contributed by atoms with E-state index >= 15 is 0 Å². The number of carbonyl (C=O) groups is 1. The molecule has 1 amide bonds. The van der Waals surface area contributed by atoms with Crippen LogP contribution >= 0.6 is 0 Å². The lowest BCUT2D eigenvalue weighted by Crippen LogP contribution is -2.38. The first kappa shape index (κ1) is 15.9. The van der Waals surface area contributed by atoms with Crippen LogP contribution in [0.4, 0.5) is 5.69 Å². The molecule has 0 aliphatic rings. The molecule has 0 unspecified atom stereocenters. The van der Waals surface area contributed by atoms with Crippen molar-refractivity contribution in [3.05, 3.63) is 64.6 Å². The number of carbonyl (C=O) groups excluding carboxylic acids is 1. The van der Waals surface area contributed by atoms with E-state index in [-0.39, 0.29) is 11.9 Å². The Morgan fingerprint density at radius 3 is 2.62 bits per heavy atom. The maximum Gasteiger partial charge on any atom is 0.417 e. The quantitative estimate of drug-likeness (QED) is 0.673. The van der Waals surface area contributed by atoms with Crippen LogP contribution in [0.5, 0.6) is 0 Å². The molecule has 3 rings (SSSR count). The van der Waals surface area contributed by atoms with Gasteiger partial charge in [0.2, 0.25) is 5.91 Å². The highest BCUT2D eigenvalue weighted by molar-refractivity contribution is 5.85. The number of aromatic nitrogens is 1. The summed E-state index contributed by atoms with van der Waals surface area (Å²) in [5.41, 5.74) is 2.86. The summed E-state index contributed by atoms with van der Waals surface area (Å²) in [5.74, 6) is -0.600. The minimum absolute atomic E-state index is 0.0735. The number of nitrogens with one attached hydrogen (secondary N) is 3. The zero-order chi connectivity index (χ0) is 17.1. The lowest BCUT2D eigenvalue weighted by atomic mass is 10.1. The summed E-state index contributed by atoms with van der Waals surface area (Å²) in [6, 6.07) is 14.5. The fourth-order valence-electron chi connectivity index (χ4n) is 2.52. The Morgan fingerprint density at radius 1 is 1.12 bits per heavy atom. The number of H-pyrrole nitrogens is 1. The molecule has 0 aliphatic heterocycles. The Kier molecular flexibility index (Phi) is 4.37. The minimum Gasteiger partial charge on any atom is -0.408 e. The van der Waals surface area contributed by atoms with Gasteiger partial charge in [-0.15, -0.1) is 0 Å². The molecule has 2 atom stereocenters. The van der Waals surface area contributed by atoms with Gasteiger partial charge in [0.25, 0.3) is 0 Å². The van der Waals surface area contributed by atoms with E-state index in [0.717, 1.165) is 11.3 Å². The molecule has 0 saturated carbocycles. The Balaban J connectivity index is 1.65. The van der Waals surface area contributed by atoms with Crippen molar-refractivity contribution in [2.45, 2.75) is 25.9 Å². The van der Waals surface area contributed by atoms with Crippen molar-refractivity contribution in [2.24, 2.45) is 0 Å². The summed E-state index contributed by atoms with van der Waals surface area (Å²) >= 11 is 0. The smallest absolute Gasteiger partial charge is 0.408 e. The van der Waals surface area contributed by atoms with Gasteiger partial charge in [0.1, 0.15) is 6.04 Å². The molecular formula is C18H19N3O3. The molecule has 0 fully saturated rings. The van der Waals surface area contributed by atoms with E-state index in [2.05, 4.69) is 15.6 Å². The molecule has 0 spiro atoms. The van der Waals surface area contributed by atoms with E-state index in [0.29, 0.717) is 11.1 Å². The van der Waals surface area contributed by atoms with Crippen LogP contribution in [0.2, 0.25) is 0 Å². The minimum atomic E-state index is -0.496. The van der Waals surface area contributed by atoms with E-state index in [9.17, 15) is 9.59 Å². The Bertz CT molecular complexity index is 899. The van der Waals surface area contributed by atoms with Crippen LogP contribution in [0.15, 0.2) is 57.7 Å². The summed E-state index contributed by atoms with van der Waals surface area (Å²) in [7, 11) is 0. The fourth-order valence-corrected chi connectivity index (χ4v) is 2.52. The fraction of sp³-hybridized carbons (Fsp3) is 0.222. The summed E-state index contributed by atoms with van der Waals surface area (Å²) in [6.45, 7) is 3.73. The number of rotatable bonds is 5. The molecule has 124 valence electrons. The van der Waals surface area contributed by atoms with Crippen molar-refractivity contribution in [3.63, 3.8) is 0 Å². The summed E-state index contributed by atoms with van der Waals surface area (Å²) in [6.07, 6.45) is 0. The van der Waals surface area contributed by atoms with Gasteiger partial charge < -0.3 is 15.1 Å². The molecule has 0 saturated heterocycles. The van der Waals surface area contributed by atoms with Crippen LogP contribution in [-0.2, 0) is 4.79 Å². The van der Waals surface area contributed by atoms with Gasteiger partial charge >= 0.3 is 5.76 Å². The highest BCUT2D eigenvalue weighted by Gasteiger charge is 2.16. The van der Waals surface area contributed by atoms with E-state index in [4.69, 9.17) is 4.42 Å². The molecule has 6 nitrogen and oxygen atoms in total. The molecule has 0 aliphatic carbocycles. The largest absolute Gasteiger partial charge is 0.417 e. The van der Waals surface area contributed by atoms with Crippen LogP contribution in [0.25, 0.3) is 11.1 Å². The second kappa shape index (κ2) is 6.62. The van der Waals surface area contributed by atoms with Crippen molar-refractivity contribution in [1.29, 1.82) is 0 Å². The summed E-state index contributed by atoms with van der Waals surface area (Å²) in [4.78, 5) is 26.1. The molecule has 0 radical (unpaired) electrons. The van der Waals surface area contributed by atoms with Gasteiger partial charge in [0.05, 0.1) is 11.6 Å². The maximum atomic E-state index is 12.3. The maximum absolute atomic E-state index is 12.3. The van der Waals surface area contributed by atoms with Crippen LogP contribution in [0, 0.1) is 0 Å². The molecule has 2 aromatic carbocycles. The van der Waals surface area contributed by atoms with E-state index < -0.39 is 11.8 Å². The van der Waals surface area contributed by atoms with Gasteiger partial charge in [-0.25, -0.2) is 4.79 Å². The topological polar surface area (TPSA) is 87.1 Å². The van der Waals surface area contributed by atoms with Gasteiger partial charge in [0, 0.05) is 5.69 Å². The lowest BCUT2D eigenvalue weighted by Gasteiger charge is -2.19. The number of amides is 1. The van der Waals surface area contributed by atoms with Crippen LogP contribution in [-0.4, -0.2) is 16.9 Å². The van der Waals surface area contributed by atoms with Crippen molar-refractivity contribution in [3.8, 4) is 0 Å². The molecule has 6 heteroatoms. The first-order chi connectivity index (χ1) is 11.5. The van der Waals surface area contributed by atoms with Crippen LogP contribution in [0.3, 0.4) is 0 Å². The second-order valence-corrected chi connectivity index (χ2v) is 5.73. The number of aromatic amines is 1. The van der Waals surface area contributed by atoms with Gasteiger partial charge in [0.15, 0.2) is 5.58 Å².